The molecule has 4 nitrogen and oxygen atoms in total. The van der Waals surface area contributed by atoms with E-state index in [0.717, 1.165) is 0 Å². The molecule has 1 aliphatic heterocycles. The molecule has 0 aliphatic carbocycles. The minimum Gasteiger partial charge on any atom is -0.324 e. The molecule has 1 aliphatic rings. The largest absolute Gasteiger partial charge is 0.324 e. The Morgan fingerprint density at radius 2 is 1.73 bits per heavy atom. The maximum Gasteiger partial charge on any atom is 0.256 e. The molecule has 0 bridgehead atoms. The summed E-state index contributed by atoms with van der Waals surface area (Å²) in [5, 5.41) is 2.92. The Kier molecular flexibility index (Phi) is 5.58. The lowest BCUT2D eigenvalue weighted by Crippen LogP contribution is -2.39. The third kappa shape index (κ3) is 3.95. The van der Waals surface area contributed by atoms with Crippen LogP contribution in [-0.2, 0) is 4.79 Å². The first-order valence-electron chi connectivity index (χ1n) is 8.94. The van der Waals surface area contributed by atoms with Crippen LogP contribution in [0.15, 0.2) is 65.1 Å². The number of hydrogen-bond acceptors (Lipinski definition) is 2. The molecular formula is C22H14BrClF2N2O2. The van der Waals surface area contributed by atoms with Crippen molar-refractivity contribution >= 4 is 45.0 Å². The van der Waals surface area contributed by atoms with E-state index in [4.69, 9.17) is 11.6 Å². The Balaban J connectivity index is 1.92. The van der Waals surface area contributed by atoms with Crippen LogP contribution < -0.4 is 5.32 Å². The van der Waals surface area contributed by atoms with Gasteiger partial charge in [-0.15, -0.1) is 0 Å². The Bertz CT molecular complexity index is 1150. The van der Waals surface area contributed by atoms with Crippen molar-refractivity contribution in [2.24, 2.45) is 0 Å². The fourth-order valence-corrected chi connectivity index (χ4v) is 4.05. The van der Waals surface area contributed by atoms with Crippen LogP contribution in [0.25, 0.3) is 0 Å². The van der Waals surface area contributed by atoms with Crippen molar-refractivity contribution in [2.75, 3.05) is 11.9 Å². The highest BCUT2D eigenvalue weighted by Crippen LogP contribution is 2.38. The highest BCUT2D eigenvalue weighted by atomic mass is 79.9. The minimum atomic E-state index is -0.835. The van der Waals surface area contributed by atoms with Gasteiger partial charge in [0.25, 0.3) is 5.91 Å². The molecule has 0 saturated carbocycles. The molecule has 0 fully saturated rings. The van der Waals surface area contributed by atoms with Crippen molar-refractivity contribution in [2.45, 2.75) is 6.04 Å². The van der Waals surface area contributed by atoms with Crippen LogP contribution in [0.2, 0.25) is 5.02 Å². The summed E-state index contributed by atoms with van der Waals surface area (Å²) in [6.07, 6.45) is 0. The summed E-state index contributed by atoms with van der Waals surface area (Å²) in [4.78, 5) is 27.4. The zero-order valence-corrected chi connectivity index (χ0v) is 17.7. The van der Waals surface area contributed by atoms with Crippen molar-refractivity contribution in [3.8, 4) is 0 Å². The molecular weight excluding hydrogens is 478 g/mol. The van der Waals surface area contributed by atoms with Gasteiger partial charge in [0, 0.05) is 15.7 Å². The van der Waals surface area contributed by atoms with Crippen LogP contribution in [0.5, 0.6) is 0 Å². The van der Waals surface area contributed by atoms with Gasteiger partial charge >= 0.3 is 0 Å². The summed E-state index contributed by atoms with van der Waals surface area (Å²) in [6.45, 7) is -0.292. The van der Waals surface area contributed by atoms with Crippen molar-refractivity contribution < 1.29 is 18.4 Å². The molecule has 0 spiro atoms. The predicted molar refractivity (Wildman–Crippen MR) is 113 cm³/mol. The Morgan fingerprint density at radius 3 is 2.47 bits per heavy atom. The SMILES string of the molecule is O=C1CN(C(=O)c2cc(Br)ccc2Cl)[C@H](c2ccc(F)cc2)c2cc(F)ccc2N1. The first kappa shape index (κ1) is 20.5. The van der Waals surface area contributed by atoms with Gasteiger partial charge < -0.3 is 10.2 Å². The van der Waals surface area contributed by atoms with Crippen LogP contribution in [0.3, 0.4) is 0 Å². The highest BCUT2D eigenvalue weighted by molar-refractivity contribution is 9.10. The maximum absolute atomic E-state index is 14.1. The van der Waals surface area contributed by atoms with Gasteiger partial charge in [0.1, 0.15) is 18.2 Å². The van der Waals surface area contributed by atoms with Gasteiger partial charge in [0.2, 0.25) is 5.91 Å². The lowest BCUT2D eigenvalue weighted by atomic mass is 9.95. The second-order valence-electron chi connectivity index (χ2n) is 6.79. The highest BCUT2D eigenvalue weighted by Gasteiger charge is 2.35. The number of halogens is 4. The van der Waals surface area contributed by atoms with Gasteiger partial charge in [-0.25, -0.2) is 8.78 Å². The summed E-state index contributed by atoms with van der Waals surface area (Å²) in [7, 11) is 0. The van der Waals surface area contributed by atoms with Crippen molar-refractivity contribution in [3.05, 3.63) is 98.5 Å². The second kappa shape index (κ2) is 8.16. The van der Waals surface area contributed by atoms with E-state index in [1.165, 1.54) is 47.4 Å². The van der Waals surface area contributed by atoms with E-state index < -0.39 is 29.5 Å². The summed E-state index contributed by atoms with van der Waals surface area (Å²) >= 11 is 9.57. The minimum absolute atomic E-state index is 0.186. The molecule has 2 amide bonds. The summed E-state index contributed by atoms with van der Waals surface area (Å²) in [5.41, 5.74) is 1.48. The fraction of sp³-hybridized carbons (Fsp3) is 0.0909. The number of benzene rings is 3. The molecule has 8 heteroatoms. The molecule has 1 N–H and O–H groups in total. The average Bonchev–Trinajstić information content (AvgIpc) is 2.85. The Hall–Kier alpha value is -2.77. The molecule has 3 aromatic carbocycles. The number of carbonyl (C=O) groups is 2. The second-order valence-corrected chi connectivity index (χ2v) is 8.11. The predicted octanol–water partition coefficient (Wildman–Crippen LogP) is 5.56. The maximum atomic E-state index is 14.1. The van der Waals surface area contributed by atoms with Crippen molar-refractivity contribution in [1.82, 2.24) is 4.90 Å². The molecule has 152 valence electrons. The van der Waals surface area contributed by atoms with Crippen LogP contribution in [-0.4, -0.2) is 23.3 Å². The van der Waals surface area contributed by atoms with Crippen molar-refractivity contribution in [1.29, 1.82) is 0 Å². The van der Waals surface area contributed by atoms with Crippen LogP contribution in [0, 0.1) is 11.6 Å². The van der Waals surface area contributed by atoms with E-state index in [1.54, 1.807) is 18.2 Å². The van der Waals surface area contributed by atoms with Gasteiger partial charge in [-0.05, 0) is 54.1 Å². The molecule has 0 aromatic heterocycles. The molecule has 4 rings (SSSR count). The van der Waals surface area contributed by atoms with Gasteiger partial charge in [-0.3, -0.25) is 9.59 Å². The standard InChI is InChI=1S/C22H14BrClF2N2O2/c23-13-3-7-18(24)16(9-13)22(30)28-11-20(29)27-19-8-6-15(26)10-17(19)21(28)12-1-4-14(25)5-2-12/h1-10,21H,11H2,(H,27,29)/t21-/m1/s1. The van der Waals surface area contributed by atoms with E-state index in [0.29, 0.717) is 21.3 Å². The number of nitrogens with zero attached hydrogens (tertiary/aromatic N) is 1. The Morgan fingerprint density at radius 1 is 1.03 bits per heavy atom. The quantitative estimate of drug-likeness (QED) is 0.510. The zero-order chi connectivity index (χ0) is 21.4. The monoisotopic (exact) mass is 490 g/mol. The van der Waals surface area contributed by atoms with E-state index in [1.807, 2.05) is 0 Å². The summed E-state index contributed by atoms with van der Waals surface area (Å²) in [6, 6.07) is 13.4. The van der Waals surface area contributed by atoms with Crippen LogP contribution in [0.1, 0.15) is 27.5 Å². The number of fused-ring (bicyclic) bond motifs is 1. The Labute approximate surface area is 184 Å². The number of anilines is 1. The van der Waals surface area contributed by atoms with Gasteiger partial charge in [-0.1, -0.05) is 39.7 Å². The number of hydrogen-bond donors (Lipinski definition) is 1. The first-order valence-corrected chi connectivity index (χ1v) is 10.1. The molecule has 3 aromatic rings. The molecule has 0 radical (unpaired) electrons. The third-order valence-electron chi connectivity index (χ3n) is 4.81. The summed E-state index contributed by atoms with van der Waals surface area (Å²) in [5.74, 6) is -1.92. The van der Waals surface area contributed by atoms with Gasteiger partial charge in [0.05, 0.1) is 16.6 Å². The molecule has 0 saturated heterocycles. The lowest BCUT2D eigenvalue weighted by molar-refractivity contribution is -0.117. The third-order valence-corrected chi connectivity index (χ3v) is 5.64. The normalized spacial score (nSPS) is 15.9. The number of rotatable bonds is 2. The smallest absolute Gasteiger partial charge is 0.256 e. The summed E-state index contributed by atoms with van der Waals surface area (Å²) < 4.78 is 28.3. The number of nitrogens with one attached hydrogen (secondary N) is 1. The van der Waals surface area contributed by atoms with Gasteiger partial charge in [-0.2, -0.15) is 0 Å². The van der Waals surface area contributed by atoms with E-state index in [9.17, 15) is 18.4 Å². The van der Waals surface area contributed by atoms with Crippen LogP contribution >= 0.6 is 27.5 Å². The topological polar surface area (TPSA) is 49.4 Å². The number of carbonyl (C=O) groups excluding carboxylic acids is 2. The lowest BCUT2D eigenvalue weighted by Gasteiger charge is -2.31. The van der Waals surface area contributed by atoms with Gasteiger partial charge in [0.15, 0.2) is 0 Å². The molecule has 1 atom stereocenters. The van der Waals surface area contributed by atoms with E-state index >= 15 is 0 Å². The zero-order valence-electron chi connectivity index (χ0n) is 15.3. The van der Waals surface area contributed by atoms with Crippen molar-refractivity contribution in [3.63, 3.8) is 0 Å². The first-order chi connectivity index (χ1) is 14.3. The molecule has 0 unspecified atom stereocenters. The molecule has 1 heterocycles. The van der Waals surface area contributed by atoms with E-state index in [2.05, 4.69) is 21.2 Å². The number of amides is 2. The van der Waals surface area contributed by atoms with Crippen LogP contribution in [0.4, 0.5) is 14.5 Å². The average molecular weight is 492 g/mol. The fourth-order valence-electron chi connectivity index (χ4n) is 3.49. The van der Waals surface area contributed by atoms with E-state index in [-0.39, 0.29) is 17.1 Å². The molecule has 30 heavy (non-hydrogen) atoms.